The maximum atomic E-state index is 11.3. The molecule has 2 rings (SSSR count). The van der Waals surface area contributed by atoms with Gasteiger partial charge in [0.2, 0.25) is 5.95 Å². The first-order valence-corrected chi connectivity index (χ1v) is 4.56. The molecule has 0 radical (unpaired) electrons. The summed E-state index contributed by atoms with van der Waals surface area (Å²) in [6.45, 7) is 1.14. The minimum absolute atomic E-state index is 0.0226. The maximum Gasteiger partial charge on any atom is 0.250 e. The van der Waals surface area contributed by atoms with Crippen molar-refractivity contribution in [2.75, 3.05) is 5.73 Å². The average molecular weight is 205 g/mol. The summed E-state index contributed by atoms with van der Waals surface area (Å²) in [6.07, 6.45) is 3.28. The van der Waals surface area contributed by atoms with E-state index in [1.165, 1.54) is 6.07 Å². The summed E-state index contributed by atoms with van der Waals surface area (Å²) in [5.74, 6) is 0.246. The van der Waals surface area contributed by atoms with Crippen LogP contribution in [0.5, 0.6) is 0 Å². The molecule has 6 nitrogen and oxygen atoms in total. The predicted molar refractivity (Wildman–Crippen MR) is 55.1 cm³/mol. The van der Waals surface area contributed by atoms with Gasteiger partial charge in [-0.25, -0.2) is 9.67 Å². The molecule has 2 aromatic rings. The van der Waals surface area contributed by atoms with Crippen LogP contribution in [0.2, 0.25) is 0 Å². The van der Waals surface area contributed by atoms with Crippen LogP contribution in [-0.2, 0) is 13.1 Å². The van der Waals surface area contributed by atoms with Gasteiger partial charge in [-0.2, -0.15) is 0 Å². The van der Waals surface area contributed by atoms with Gasteiger partial charge < -0.3 is 10.3 Å². The highest BCUT2D eigenvalue weighted by molar-refractivity contribution is 5.09. The minimum Gasteiger partial charge on any atom is -0.367 e. The molecule has 2 aromatic heterocycles. The lowest BCUT2D eigenvalue weighted by Crippen LogP contribution is -2.20. The zero-order valence-electron chi connectivity index (χ0n) is 8.08. The van der Waals surface area contributed by atoms with Gasteiger partial charge in [0.25, 0.3) is 5.56 Å². The van der Waals surface area contributed by atoms with Crippen molar-refractivity contribution in [2.24, 2.45) is 0 Å². The first-order chi connectivity index (χ1) is 7.25. The van der Waals surface area contributed by atoms with E-state index in [-0.39, 0.29) is 11.5 Å². The Hall–Kier alpha value is -2.11. The summed E-state index contributed by atoms with van der Waals surface area (Å²) in [5.41, 5.74) is 5.34. The summed E-state index contributed by atoms with van der Waals surface area (Å²) in [6, 6.07) is 5.05. The molecule has 78 valence electrons. The zero-order valence-corrected chi connectivity index (χ0v) is 8.08. The molecule has 0 aromatic carbocycles. The smallest absolute Gasteiger partial charge is 0.250 e. The van der Waals surface area contributed by atoms with Crippen molar-refractivity contribution >= 4 is 5.95 Å². The van der Waals surface area contributed by atoms with Crippen LogP contribution in [0, 0.1) is 0 Å². The second-order valence-electron chi connectivity index (χ2n) is 3.10. The molecule has 0 saturated heterocycles. The molecule has 2 N–H and O–H groups in total. The highest BCUT2D eigenvalue weighted by atomic mass is 16.1. The number of nitrogen functional groups attached to an aromatic ring is 1. The van der Waals surface area contributed by atoms with Crippen LogP contribution in [-0.4, -0.2) is 19.3 Å². The van der Waals surface area contributed by atoms with Gasteiger partial charge in [-0.15, -0.1) is 5.10 Å². The molecule has 2 heterocycles. The van der Waals surface area contributed by atoms with Crippen molar-refractivity contribution in [3.63, 3.8) is 0 Å². The molecule has 0 aliphatic rings. The molecule has 15 heavy (non-hydrogen) atoms. The number of anilines is 1. The van der Waals surface area contributed by atoms with Crippen LogP contribution in [0.3, 0.4) is 0 Å². The van der Waals surface area contributed by atoms with Crippen molar-refractivity contribution in [1.82, 2.24) is 19.3 Å². The van der Waals surface area contributed by atoms with E-state index in [1.54, 1.807) is 27.8 Å². The molecular formula is C9H11N5O. The third-order valence-electron chi connectivity index (χ3n) is 2.02. The topological polar surface area (TPSA) is 78.7 Å². The number of hydrogen-bond donors (Lipinski definition) is 1. The van der Waals surface area contributed by atoms with Gasteiger partial charge in [0.15, 0.2) is 0 Å². The Labute approximate surface area is 86.0 Å². The summed E-state index contributed by atoms with van der Waals surface area (Å²) < 4.78 is 3.21. The van der Waals surface area contributed by atoms with E-state index in [1.807, 2.05) is 6.07 Å². The standard InChI is InChI=1S/C9H11N5O/c10-9-11-7-14(12-9)6-5-13-4-2-1-3-8(13)15/h1-4,7H,5-6H2,(H2,10,12). The fraction of sp³-hybridized carbons (Fsp3) is 0.222. The molecular weight excluding hydrogens is 194 g/mol. The van der Waals surface area contributed by atoms with Gasteiger partial charge in [0.05, 0.1) is 6.54 Å². The van der Waals surface area contributed by atoms with Crippen molar-refractivity contribution < 1.29 is 0 Å². The largest absolute Gasteiger partial charge is 0.367 e. The average Bonchev–Trinajstić information content (AvgIpc) is 2.63. The van der Waals surface area contributed by atoms with E-state index < -0.39 is 0 Å². The molecule has 6 heteroatoms. The van der Waals surface area contributed by atoms with E-state index in [4.69, 9.17) is 5.73 Å². The Balaban J connectivity index is 2.05. The summed E-state index contributed by atoms with van der Waals surface area (Å²) >= 11 is 0. The Bertz CT molecular complexity index is 501. The molecule has 0 spiro atoms. The van der Waals surface area contributed by atoms with Gasteiger partial charge in [-0.3, -0.25) is 4.79 Å². The molecule has 0 unspecified atom stereocenters. The Kier molecular flexibility index (Phi) is 2.49. The van der Waals surface area contributed by atoms with Crippen LogP contribution in [0.15, 0.2) is 35.5 Å². The van der Waals surface area contributed by atoms with Crippen LogP contribution < -0.4 is 11.3 Å². The number of nitrogens with zero attached hydrogens (tertiary/aromatic N) is 4. The highest BCUT2D eigenvalue weighted by Crippen LogP contribution is 1.91. The molecule has 0 aliphatic carbocycles. The Morgan fingerprint density at radius 2 is 2.20 bits per heavy atom. The third-order valence-corrected chi connectivity index (χ3v) is 2.02. The number of nitrogens with two attached hydrogens (primary N) is 1. The summed E-state index contributed by atoms with van der Waals surface area (Å²) in [7, 11) is 0. The highest BCUT2D eigenvalue weighted by Gasteiger charge is 1.97. The molecule has 0 atom stereocenters. The summed E-state index contributed by atoms with van der Waals surface area (Å²) in [5, 5.41) is 3.92. The van der Waals surface area contributed by atoms with E-state index in [0.717, 1.165) is 0 Å². The number of aryl methyl sites for hydroxylation is 2. The SMILES string of the molecule is Nc1ncn(CCn2ccccc2=O)n1. The van der Waals surface area contributed by atoms with E-state index in [0.29, 0.717) is 13.1 Å². The van der Waals surface area contributed by atoms with Crippen molar-refractivity contribution in [3.05, 3.63) is 41.1 Å². The normalized spacial score (nSPS) is 10.4. The molecule has 0 fully saturated rings. The van der Waals surface area contributed by atoms with Crippen LogP contribution >= 0.6 is 0 Å². The second-order valence-corrected chi connectivity index (χ2v) is 3.10. The Morgan fingerprint density at radius 1 is 1.33 bits per heavy atom. The lowest BCUT2D eigenvalue weighted by molar-refractivity contribution is 0.524. The van der Waals surface area contributed by atoms with Gasteiger partial charge in [-0.1, -0.05) is 6.07 Å². The quantitative estimate of drug-likeness (QED) is 0.747. The van der Waals surface area contributed by atoms with Crippen LogP contribution in [0.25, 0.3) is 0 Å². The predicted octanol–water partition coefficient (Wildman–Crippen LogP) is -0.278. The number of aromatic nitrogens is 4. The fourth-order valence-corrected chi connectivity index (χ4v) is 1.27. The molecule has 0 aliphatic heterocycles. The van der Waals surface area contributed by atoms with Gasteiger partial charge in [0.1, 0.15) is 6.33 Å². The van der Waals surface area contributed by atoms with E-state index in [9.17, 15) is 4.79 Å². The number of hydrogen-bond acceptors (Lipinski definition) is 4. The second kappa shape index (κ2) is 3.95. The van der Waals surface area contributed by atoms with Crippen LogP contribution in [0.4, 0.5) is 5.95 Å². The van der Waals surface area contributed by atoms with Gasteiger partial charge in [0, 0.05) is 18.8 Å². The van der Waals surface area contributed by atoms with E-state index >= 15 is 0 Å². The minimum atomic E-state index is -0.0226. The van der Waals surface area contributed by atoms with E-state index in [2.05, 4.69) is 10.1 Å². The lowest BCUT2D eigenvalue weighted by atomic mass is 10.4. The van der Waals surface area contributed by atoms with Gasteiger partial charge in [-0.05, 0) is 6.07 Å². The summed E-state index contributed by atoms with van der Waals surface area (Å²) in [4.78, 5) is 15.1. The van der Waals surface area contributed by atoms with Crippen molar-refractivity contribution in [2.45, 2.75) is 13.1 Å². The molecule has 0 bridgehead atoms. The number of rotatable bonds is 3. The Morgan fingerprint density at radius 3 is 2.87 bits per heavy atom. The molecule has 0 amide bonds. The molecule has 0 saturated carbocycles. The maximum absolute atomic E-state index is 11.3. The van der Waals surface area contributed by atoms with Crippen molar-refractivity contribution in [3.8, 4) is 0 Å². The first kappa shape index (κ1) is 9.45. The first-order valence-electron chi connectivity index (χ1n) is 4.56. The third kappa shape index (κ3) is 2.22. The zero-order chi connectivity index (χ0) is 10.7. The van der Waals surface area contributed by atoms with Crippen LogP contribution in [0.1, 0.15) is 0 Å². The lowest BCUT2D eigenvalue weighted by Gasteiger charge is -2.03. The fourth-order valence-electron chi connectivity index (χ4n) is 1.27. The number of pyridine rings is 1. The van der Waals surface area contributed by atoms with Gasteiger partial charge >= 0.3 is 0 Å². The van der Waals surface area contributed by atoms with Crippen molar-refractivity contribution in [1.29, 1.82) is 0 Å². The monoisotopic (exact) mass is 205 g/mol.